The van der Waals surface area contributed by atoms with Crippen LogP contribution in [0, 0.1) is 0 Å². The minimum atomic E-state index is -0.768. The first-order valence-electron chi connectivity index (χ1n) is 4.86. The van der Waals surface area contributed by atoms with Crippen molar-refractivity contribution >= 4 is 16.9 Å². The molecule has 1 N–H and O–H groups in total. The van der Waals surface area contributed by atoms with Crippen LogP contribution in [0.3, 0.4) is 0 Å². The number of carboxylic acids is 1. The van der Waals surface area contributed by atoms with Gasteiger partial charge in [-0.05, 0) is 12.1 Å². The zero-order valence-electron chi connectivity index (χ0n) is 8.64. The average molecular weight is 329 g/mol. The predicted octanol–water partition coefficient (Wildman–Crippen LogP) is -1.39. The van der Waals surface area contributed by atoms with Crippen LogP contribution in [-0.4, -0.2) is 11.1 Å². The van der Waals surface area contributed by atoms with E-state index in [0.717, 1.165) is 10.9 Å². The van der Waals surface area contributed by atoms with Gasteiger partial charge in [0, 0.05) is 17.5 Å². The minimum Gasteiger partial charge on any atom is -1.00 e. The van der Waals surface area contributed by atoms with Crippen LogP contribution < -0.4 is 28.5 Å². The number of carbonyl (C=O) groups is 1. The van der Waals surface area contributed by atoms with Crippen LogP contribution in [0.4, 0.5) is 0 Å². The summed E-state index contributed by atoms with van der Waals surface area (Å²) in [5.74, 6) is -0.768. The maximum atomic E-state index is 10.5. The lowest BCUT2D eigenvalue weighted by Gasteiger charge is -1.98. The van der Waals surface area contributed by atoms with Crippen molar-refractivity contribution in [1.29, 1.82) is 0 Å². The Kier molecular flexibility index (Phi) is 4.67. The molecule has 0 bridgehead atoms. The van der Waals surface area contributed by atoms with Crippen molar-refractivity contribution in [1.82, 2.24) is 0 Å². The van der Waals surface area contributed by atoms with E-state index in [-0.39, 0.29) is 30.4 Å². The van der Waals surface area contributed by atoms with Crippen molar-refractivity contribution in [3.63, 3.8) is 0 Å². The van der Waals surface area contributed by atoms with E-state index in [1.165, 1.54) is 0 Å². The van der Waals surface area contributed by atoms with E-state index in [0.29, 0.717) is 6.54 Å². The maximum Gasteiger partial charge on any atom is 0.309 e. The number of pyridine rings is 1. The van der Waals surface area contributed by atoms with Crippen molar-refractivity contribution in [2.75, 3.05) is 0 Å². The largest absolute Gasteiger partial charge is 1.00 e. The summed E-state index contributed by atoms with van der Waals surface area (Å²) in [6.07, 6.45) is 2.06. The molecule has 0 aliphatic heterocycles. The number of para-hydroxylation sites is 1. The van der Waals surface area contributed by atoms with Gasteiger partial charge >= 0.3 is 5.97 Å². The Morgan fingerprint density at radius 2 is 1.88 bits per heavy atom. The average Bonchev–Trinajstić information content (AvgIpc) is 2.26. The highest BCUT2D eigenvalue weighted by atomic mass is 127. The van der Waals surface area contributed by atoms with Crippen LogP contribution in [0.15, 0.2) is 42.6 Å². The van der Waals surface area contributed by atoms with Gasteiger partial charge in [-0.15, -0.1) is 0 Å². The van der Waals surface area contributed by atoms with Crippen molar-refractivity contribution in [3.8, 4) is 0 Å². The highest BCUT2D eigenvalue weighted by Crippen LogP contribution is 2.07. The summed E-state index contributed by atoms with van der Waals surface area (Å²) >= 11 is 0. The number of nitrogens with zero attached hydrogens (tertiary/aromatic N) is 1. The molecule has 1 aromatic heterocycles. The van der Waals surface area contributed by atoms with Gasteiger partial charge in [-0.3, -0.25) is 4.79 Å². The number of fused-ring (bicyclic) bond motifs is 1. The molecule has 16 heavy (non-hydrogen) atoms. The summed E-state index contributed by atoms with van der Waals surface area (Å²) in [5.41, 5.74) is 1.07. The van der Waals surface area contributed by atoms with Crippen molar-refractivity contribution in [3.05, 3.63) is 42.6 Å². The second-order valence-electron chi connectivity index (χ2n) is 3.40. The zero-order chi connectivity index (χ0) is 10.7. The first-order chi connectivity index (χ1) is 7.27. The van der Waals surface area contributed by atoms with Crippen LogP contribution >= 0.6 is 0 Å². The summed E-state index contributed by atoms with van der Waals surface area (Å²) in [5, 5.41) is 9.76. The molecule has 0 aliphatic carbocycles. The Balaban J connectivity index is 0.00000128. The first kappa shape index (κ1) is 12.9. The third-order valence-electron chi connectivity index (χ3n) is 2.35. The number of benzene rings is 1. The molecule has 2 aromatic rings. The highest BCUT2D eigenvalue weighted by molar-refractivity contribution is 5.75. The molecule has 0 fully saturated rings. The number of aryl methyl sites for hydroxylation is 1. The van der Waals surface area contributed by atoms with E-state index < -0.39 is 5.97 Å². The summed E-state index contributed by atoms with van der Waals surface area (Å²) in [6, 6.07) is 11.9. The molecule has 2 rings (SSSR count). The van der Waals surface area contributed by atoms with E-state index in [2.05, 4.69) is 0 Å². The third kappa shape index (κ3) is 2.91. The Morgan fingerprint density at radius 3 is 2.62 bits per heavy atom. The SMILES string of the molecule is O=C(O)CC[n+]1cccc2ccccc21.[I-]. The second kappa shape index (κ2) is 5.79. The summed E-state index contributed by atoms with van der Waals surface area (Å²) in [4.78, 5) is 10.5. The topological polar surface area (TPSA) is 41.2 Å². The molecule has 0 aliphatic rings. The van der Waals surface area contributed by atoms with Crippen LogP contribution in [0.25, 0.3) is 10.9 Å². The highest BCUT2D eigenvalue weighted by Gasteiger charge is 2.08. The van der Waals surface area contributed by atoms with Crippen LogP contribution in [0.5, 0.6) is 0 Å². The van der Waals surface area contributed by atoms with E-state index in [1.54, 1.807) is 0 Å². The number of rotatable bonds is 3. The molecule has 0 saturated heterocycles. The molecule has 1 heterocycles. The van der Waals surface area contributed by atoms with Gasteiger partial charge in [-0.25, -0.2) is 0 Å². The van der Waals surface area contributed by atoms with Gasteiger partial charge in [0.25, 0.3) is 0 Å². The summed E-state index contributed by atoms with van der Waals surface area (Å²) < 4.78 is 1.96. The van der Waals surface area contributed by atoms with E-state index in [9.17, 15) is 4.79 Å². The monoisotopic (exact) mass is 329 g/mol. The Labute approximate surface area is 111 Å². The number of hydrogen-bond acceptors (Lipinski definition) is 1. The fourth-order valence-electron chi connectivity index (χ4n) is 1.63. The fourth-order valence-corrected chi connectivity index (χ4v) is 1.63. The molecule has 0 saturated carbocycles. The predicted molar refractivity (Wildman–Crippen MR) is 56.4 cm³/mol. The molecule has 0 unspecified atom stereocenters. The molecular formula is C12H12INO2. The Bertz CT molecular complexity index is 494. The lowest BCUT2D eigenvalue weighted by Crippen LogP contribution is -3.00. The lowest BCUT2D eigenvalue weighted by atomic mass is 10.2. The minimum absolute atomic E-state index is 0. The van der Waals surface area contributed by atoms with E-state index in [1.807, 2.05) is 47.2 Å². The van der Waals surface area contributed by atoms with Gasteiger partial charge in [0.2, 0.25) is 5.52 Å². The van der Waals surface area contributed by atoms with Gasteiger partial charge in [0.05, 0.1) is 0 Å². The van der Waals surface area contributed by atoms with Crippen molar-refractivity contribution < 1.29 is 38.4 Å². The quantitative estimate of drug-likeness (QED) is 0.556. The van der Waals surface area contributed by atoms with Crippen LogP contribution in [0.1, 0.15) is 6.42 Å². The maximum absolute atomic E-state index is 10.5. The van der Waals surface area contributed by atoms with Crippen LogP contribution in [0.2, 0.25) is 0 Å². The smallest absolute Gasteiger partial charge is 0.309 e. The fraction of sp³-hybridized carbons (Fsp3) is 0.167. The van der Waals surface area contributed by atoms with Crippen LogP contribution in [-0.2, 0) is 11.3 Å². The van der Waals surface area contributed by atoms with Crippen molar-refractivity contribution in [2.24, 2.45) is 0 Å². The van der Waals surface area contributed by atoms with Gasteiger partial charge in [-0.1, -0.05) is 12.1 Å². The van der Waals surface area contributed by atoms with E-state index >= 15 is 0 Å². The molecular weight excluding hydrogens is 317 g/mol. The third-order valence-corrected chi connectivity index (χ3v) is 2.35. The Hall–Kier alpha value is -1.17. The standard InChI is InChI=1S/C12H11NO2.HI/c14-12(15)7-9-13-8-3-5-10-4-1-2-6-11(10)13;/h1-6,8H,7,9H2;1H. The lowest BCUT2D eigenvalue weighted by molar-refractivity contribution is -0.670. The van der Waals surface area contributed by atoms with Gasteiger partial charge in [0.15, 0.2) is 12.7 Å². The summed E-state index contributed by atoms with van der Waals surface area (Å²) in [6.45, 7) is 0.511. The van der Waals surface area contributed by atoms with E-state index in [4.69, 9.17) is 5.11 Å². The normalized spacial score (nSPS) is 9.75. The molecule has 0 amide bonds. The zero-order valence-corrected chi connectivity index (χ0v) is 10.8. The molecule has 4 heteroatoms. The molecule has 1 aromatic carbocycles. The molecule has 0 radical (unpaired) electrons. The first-order valence-corrected chi connectivity index (χ1v) is 4.86. The molecule has 84 valence electrons. The number of halogens is 1. The summed E-state index contributed by atoms with van der Waals surface area (Å²) in [7, 11) is 0. The number of hydrogen-bond donors (Lipinski definition) is 1. The number of aliphatic carboxylic acids is 1. The van der Waals surface area contributed by atoms with Crippen molar-refractivity contribution in [2.45, 2.75) is 13.0 Å². The van der Waals surface area contributed by atoms with Gasteiger partial charge in [-0.2, -0.15) is 4.57 Å². The second-order valence-corrected chi connectivity index (χ2v) is 3.40. The molecule has 0 spiro atoms. The molecule has 3 nitrogen and oxygen atoms in total. The number of aromatic nitrogens is 1. The Morgan fingerprint density at radius 1 is 1.19 bits per heavy atom. The number of carboxylic acid groups (broad SMARTS) is 1. The van der Waals surface area contributed by atoms with Gasteiger partial charge < -0.3 is 29.1 Å². The molecule has 0 atom stereocenters. The van der Waals surface area contributed by atoms with Gasteiger partial charge in [0.1, 0.15) is 6.42 Å².